The molecule has 0 spiro atoms. The van der Waals surface area contributed by atoms with Crippen molar-refractivity contribution in [2.24, 2.45) is 0 Å². The van der Waals surface area contributed by atoms with Crippen molar-refractivity contribution in [1.29, 1.82) is 0 Å². The molecule has 72 heavy (non-hydrogen) atoms. The van der Waals surface area contributed by atoms with E-state index in [0.717, 1.165) is 0 Å². The first-order valence-corrected chi connectivity index (χ1v) is 24.9. The molecule has 0 heteroatoms. The smallest absolute Gasteiger partial charge is 0.00262 e. The Bertz CT molecular complexity index is 4050. The van der Waals surface area contributed by atoms with Gasteiger partial charge in [-0.2, -0.15) is 0 Å². The summed E-state index contributed by atoms with van der Waals surface area (Å²) in [7, 11) is 0. The zero-order valence-corrected chi connectivity index (χ0v) is 39.7. The lowest BCUT2D eigenvalue weighted by Gasteiger charge is -2.18. The van der Waals surface area contributed by atoms with E-state index in [4.69, 9.17) is 0 Å². The van der Waals surface area contributed by atoms with Gasteiger partial charge in [-0.05, 0) is 157 Å². The van der Waals surface area contributed by atoms with Crippen LogP contribution in [-0.4, -0.2) is 0 Å². The summed E-state index contributed by atoms with van der Waals surface area (Å²) in [6.45, 7) is 0. The molecule has 13 rings (SSSR count). The number of fused-ring (bicyclic) bond motifs is 3. The van der Waals surface area contributed by atoms with E-state index in [9.17, 15) is 0 Å². The van der Waals surface area contributed by atoms with Crippen LogP contribution in [-0.2, 0) is 0 Å². The molecule has 0 aliphatic heterocycles. The largest absolute Gasteiger partial charge is 0.0622 e. The predicted molar refractivity (Wildman–Crippen MR) is 308 cm³/mol. The maximum Gasteiger partial charge on any atom is -0.00262 e. The third-order valence-electron chi connectivity index (χ3n) is 14.5. The van der Waals surface area contributed by atoms with Crippen LogP contribution >= 0.6 is 0 Å². The maximum atomic E-state index is 2.38. The van der Waals surface area contributed by atoms with Crippen LogP contribution in [0.15, 0.2) is 291 Å². The van der Waals surface area contributed by atoms with Gasteiger partial charge in [0.25, 0.3) is 0 Å². The average Bonchev–Trinajstić information content (AvgIpc) is 3.47. The van der Waals surface area contributed by atoms with Crippen LogP contribution in [0, 0.1) is 0 Å². The summed E-state index contributed by atoms with van der Waals surface area (Å²) in [6.07, 6.45) is 0. The van der Waals surface area contributed by atoms with E-state index < -0.39 is 0 Å². The van der Waals surface area contributed by atoms with Crippen molar-refractivity contribution in [3.63, 3.8) is 0 Å². The first-order chi connectivity index (χ1) is 35.7. The Kier molecular flexibility index (Phi) is 11.0. The van der Waals surface area contributed by atoms with Gasteiger partial charge in [0.2, 0.25) is 0 Å². The highest BCUT2D eigenvalue weighted by Gasteiger charge is 2.18. The monoisotopic (exact) mass is 912 g/mol. The molecule has 13 aromatic rings. The van der Waals surface area contributed by atoms with Gasteiger partial charge >= 0.3 is 0 Å². The highest BCUT2D eigenvalue weighted by Crippen LogP contribution is 2.45. The standard InChI is InChI=1S/C72H48/c1-2-16-54(17-3-1)65-25-6-7-26-66(65)55-40-35-51(36-41-55)50-31-33-52(34-32-50)58-19-12-20-59(45-58)60-21-13-22-61(47-60)62-23-14-24-64(48-62)72-69-29-10-8-27-67(69)71(68-28-9-11-30-70(68)72)56-42-37-53(38-43-56)63-44-39-49-15-4-5-18-57(49)46-63/h1-48H. The van der Waals surface area contributed by atoms with Crippen LogP contribution in [0.3, 0.4) is 0 Å². The molecule has 0 saturated heterocycles. The minimum absolute atomic E-state index is 1.19. The fraction of sp³-hybridized carbons (Fsp3) is 0. The van der Waals surface area contributed by atoms with Crippen molar-refractivity contribution >= 4 is 32.3 Å². The second kappa shape index (κ2) is 18.5. The van der Waals surface area contributed by atoms with E-state index in [1.54, 1.807) is 0 Å². The second-order valence-electron chi connectivity index (χ2n) is 18.8. The topological polar surface area (TPSA) is 0 Å². The summed E-state index contributed by atoms with van der Waals surface area (Å²) in [6, 6.07) is 107. The van der Waals surface area contributed by atoms with E-state index in [-0.39, 0.29) is 0 Å². The lowest BCUT2D eigenvalue weighted by molar-refractivity contribution is 1.56. The molecule has 0 heterocycles. The first-order valence-electron chi connectivity index (χ1n) is 24.9. The number of hydrogen-bond acceptors (Lipinski definition) is 0. The summed E-state index contributed by atoms with van der Waals surface area (Å²) in [5.74, 6) is 0. The molecule has 0 N–H and O–H groups in total. The number of rotatable bonds is 9. The van der Waals surface area contributed by atoms with Gasteiger partial charge in [0.15, 0.2) is 0 Å². The molecule has 13 aromatic carbocycles. The highest BCUT2D eigenvalue weighted by atomic mass is 14.2. The first kappa shape index (κ1) is 42.7. The fourth-order valence-corrected chi connectivity index (χ4v) is 10.9. The fourth-order valence-electron chi connectivity index (χ4n) is 10.9. The number of hydrogen-bond donors (Lipinski definition) is 0. The zero-order chi connectivity index (χ0) is 47.8. The minimum atomic E-state index is 1.19. The predicted octanol–water partition coefficient (Wildman–Crippen LogP) is 20.1. The summed E-state index contributed by atoms with van der Waals surface area (Å²) in [4.78, 5) is 0. The van der Waals surface area contributed by atoms with E-state index in [1.807, 2.05) is 0 Å². The molecular formula is C72H48. The van der Waals surface area contributed by atoms with Gasteiger partial charge in [0.1, 0.15) is 0 Å². The average molecular weight is 913 g/mol. The molecule has 0 radical (unpaired) electrons. The lowest BCUT2D eigenvalue weighted by atomic mass is 9.85. The molecule has 0 aliphatic rings. The molecule has 0 bridgehead atoms. The van der Waals surface area contributed by atoms with Gasteiger partial charge in [0, 0.05) is 0 Å². The molecule has 336 valence electrons. The molecule has 0 aromatic heterocycles. The van der Waals surface area contributed by atoms with Crippen molar-refractivity contribution in [3.05, 3.63) is 291 Å². The molecule has 0 aliphatic carbocycles. The Morgan fingerprint density at radius 2 is 0.431 bits per heavy atom. The van der Waals surface area contributed by atoms with Gasteiger partial charge in [-0.3, -0.25) is 0 Å². The Morgan fingerprint density at radius 3 is 0.931 bits per heavy atom. The Morgan fingerprint density at radius 1 is 0.139 bits per heavy atom. The van der Waals surface area contributed by atoms with Crippen LogP contribution in [0.1, 0.15) is 0 Å². The van der Waals surface area contributed by atoms with Crippen LogP contribution in [0.5, 0.6) is 0 Å². The molecule has 0 nitrogen and oxygen atoms in total. The molecule has 0 saturated carbocycles. The molecule has 0 amide bonds. The van der Waals surface area contributed by atoms with Gasteiger partial charge < -0.3 is 0 Å². The van der Waals surface area contributed by atoms with Crippen molar-refractivity contribution in [1.82, 2.24) is 0 Å². The molecular weight excluding hydrogens is 865 g/mol. The van der Waals surface area contributed by atoms with Crippen molar-refractivity contribution in [2.75, 3.05) is 0 Å². The zero-order valence-electron chi connectivity index (χ0n) is 39.7. The van der Waals surface area contributed by atoms with Gasteiger partial charge in [-0.25, -0.2) is 0 Å². The Balaban J connectivity index is 0.785. The summed E-state index contributed by atoms with van der Waals surface area (Å²) in [5.41, 5.74) is 21.9. The Labute approximate surface area is 421 Å². The second-order valence-corrected chi connectivity index (χ2v) is 18.8. The normalized spacial score (nSPS) is 11.3. The summed E-state index contributed by atoms with van der Waals surface area (Å²) in [5, 5.41) is 7.52. The van der Waals surface area contributed by atoms with Crippen LogP contribution in [0.4, 0.5) is 0 Å². The third kappa shape index (κ3) is 8.05. The minimum Gasteiger partial charge on any atom is -0.0622 e. The SMILES string of the molecule is c1ccc(-c2ccccc2-c2ccc(-c3ccc(-c4cccc(-c5cccc(-c6cccc(-c7c8ccccc8c(-c8ccc(-c9ccc%10ccccc%10c9)cc8)c8ccccc78)c6)c5)c4)cc3)cc2)cc1. The van der Waals surface area contributed by atoms with E-state index in [2.05, 4.69) is 291 Å². The quantitative estimate of drug-likeness (QED) is 0.127. The molecule has 0 atom stereocenters. The van der Waals surface area contributed by atoms with E-state index >= 15 is 0 Å². The van der Waals surface area contributed by atoms with Crippen LogP contribution < -0.4 is 0 Å². The maximum absolute atomic E-state index is 2.38. The van der Waals surface area contributed by atoms with E-state index in [0.29, 0.717) is 0 Å². The highest BCUT2D eigenvalue weighted by molar-refractivity contribution is 6.21. The van der Waals surface area contributed by atoms with Crippen LogP contribution in [0.25, 0.3) is 132 Å². The van der Waals surface area contributed by atoms with E-state index in [1.165, 1.54) is 132 Å². The lowest BCUT2D eigenvalue weighted by Crippen LogP contribution is -1.91. The van der Waals surface area contributed by atoms with Crippen molar-refractivity contribution in [2.45, 2.75) is 0 Å². The van der Waals surface area contributed by atoms with Gasteiger partial charge in [-0.15, -0.1) is 0 Å². The van der Waals surface area contributed by atoms with Crippen molar-refractivity contribution < 1.29 is 0 Å². The van der Waals surface area contributed by atoms with Gasteiger partial charge in [-0.1, -0.05) is 267 Å². The van der Waals surface area contributed by atoms with Gasteiger partial charge in [0.05, 0.1) is 0 Å². The molecule has 0 unspecified atom stereocenters. The number of benzene rings is 13. The summed E-state index contributed by atoms with van der Waals surface area (Å²) >= 11 is 0. The third-order valence-corrected chi connectivity index (χ3v) is 14.5. The molecule has 0 fully saturated rings. The van der Waals surface area contributed by atoms with Crippen LogP contribution in [0.2, 0.25) is 0 Å². The Hall–Kier alpha value is -9.36. The summed E-state index contributed by atoms with van der Waals surface area (Å²) < 4.78 is 0. The van der Waals surface area contributed by atoms with Crippen molar-refractivity contribution in [3.8, 4) is 100 Å².